The Labute approximate surface area is 178 Å². The first-order valence-electron chi connectivity index (χ1n) is 9.83. The van der Waals surface area contributed by atoms with Crippen molar-refractivity contribution >= 4 is 17.5 Å². The number of rotatable bonds is 4. The third kappa shape index (κ3) is 3.41. The summed E-state index contributed by atoms with van der Waals surface area (Å²) in [5.74, 6) is 2.26. The van der Waals surface area contributed by atoms with Gasteiger partial charge in [-0.3, -0.25) is 9.55 Å². The number of piperidine rings is 1. The second kappa shape index (κ2) is 7.83. The van der Waals surface area contributed by atoms with E-state index in [1.807, 2.05) is 48.0 Å². The van der Waals surface area contributed by atoms with Crippen LogP contribution >= 0.6 is 11.6 Å². The third-order valence-corrected chi connectivity index (χ3v) is 5.55. The van der Waals surface area contributed by atoms with Gasteiger partial charge in [-0.15, -0.1) is 25.2 Å². The van der Waals surface area contributed by atoms with Crippen molar-refractivity contribution in [1.29, 1.82) is 0 Å². The van der Waals surface area contributed by atoms with Crippen molar-refractivity contribution in [2.24, 2.45) is 7.05 Å². The number of benzene rings is 1. The van der Waals surface area contributed by atoms with Crippen LogP contribution in [-0.4, -0.2) is 46.5 Å². The van der Waals surface area contributed by atoms with Crippen LogP contribution < -0.4 is 4.90 Å². The van der Waals surface area contributed by atoms with E-state index in [9.17, 15) is 0 Å². The van der Waals surface area contributed by atoms with Crippen LogP contribution in [0.4, 0.5) is 5.95 Å². The van der Waals surface area contributed by atoms with Crippen molar-refractivity contribution < 1.29 is 0 Å². The van der Waals surface area contributed by atoms with E-state index in [2.05, 4.69) is 35.5 Å². The fourth-order valence-electron chi connectivity index (χ4n) is 3.83. The molecule has 1 unspecified atom stereocenters. The van der Waals surface area contributed by atoms with Gasteiger partial charge in [0.15, 0.2) is 11.6 Å². The predicted molar refractivity (Wildman–Crippen MR) is 112 cm³/mol. The summed E-state index contributed by atoms with van der Waals surface area (Å²) in [6, 6.07) is 11.3. The number of nitrogens with zero attached hydrogens (tertiary/aromatic N) is 9. The van der Waals surface area contributed by atoms with E-state index in [0.29, 0.717) is 10.8 Å². The van der Waals surface area contributed by atoms with Crippen LogP contribution in [0, 0.1) is 0 Å². The van der Waals surface area contributed by atoms with Gasteiger partial charge in [-0.1, -0.05) is 17.7 Å². The van der Waals surface area contributed by atoms with E-state index in [0.717, 1.165) is 48.8 Å². The van der Waals surface area contributed by atoms with E-state index >= 15 is 0 Å². The van der Waals surface area contributed by atoms with Crippen LogP contribution in [0.3, 0.4) is 0 Å². The van der Waals surface area contributed by atoms with Crippen molar-refractivity contribution in [2.75, 3.05) is 11.4 Å². The maximum absolute atomic E-state index is 6.10. The molecule has 0 spiro atoms. The Morgan fingerprint density at radius 2 is 1.90 bits per heavy atom. The minimum atomic E-state index is -0.0140. The number of pyridine rings is 1. The van der Waals surface area contributed by atoms with E-state index in [-0.39, 0.29) is 6.04 Å². The molecule has 4 aromatic rings. The van der Waals surface area contributed by atoms with E-state index in [4.69, 9.17) is 11.6 Å². The Bertz CT molecular complexity index is 1150. The molecule has 0 saturated carbocycles. The first-order chi connectivity index (χ1) is 14.7. The lowest BCUT2D eigenvalue weighted by atomic mass is 10.0. The molecule has 0 N–H and O–H groups in total. The SMILES string of the molecule is Cn1c(-c2ccncc2)nnc1N1CCCCC1c1nnn(-c2cccc(Cl)c2)n1. The Hall–Kier alpha value is -3.33. The van der Waals surface area contributed by atoms with Crippen molar-refractivity contribution in [3.63, 3.8) is 0 Å². The monoisotopic (exact) mass is 421 g/mol. The van der Waals surface area contributed by atoms with Gasteiger partial charge in [-0.05, 0) is 54.8 Å². The molecule has 0 radical (unpaired) electrons. The number of hydrogen-bond donors (Lipinski definition) is 0. The van der Waals surface area contributed by atoms with Gasteiger partial charge in [-0.25, -0.2) is 0 Å². The summed E-state index contributed by atoms with van der Waals surface area (Å²) in [6.45, 7) is 0.860. The highest BCUT2D eigenvalue weighted by molar-refractivity contribution is 6.30. The summed E-state index contributed by atoms with van der Waals surface area (Å²) in [7, 11) is 1.98. The lowest BCUT2D eigenvalue weighted by Gasteiger charge is -2.34. The van der Waals surface area contributed by atoms with Gasteiger partial charge in [0.2, 0.25) is 5.95 Å². The summed E-state index contributed by atoms with van der Waals surface area (Å²) in [6.07, 6.45) is 6.62. The van der Waals surface area contributed by atoms with E-state index in [1.54, 1.807) is 12.4 Å². The molecule has 9 nitrogen and oxygen atoms in total. The number of hydrogen-bond acceptors (Lipinski definition) is 7. The average molecular weight is 422 g/mol. The Balaban J connectivity index is 1.47. The molecule has 0 bridgehead atoms. The maximum Gasteiger partial charge on any atom is 0.227 e. The lowest BCUT2D eigenvalue weighted by Crippen LogP contribution is -2.36. The molecule has 1 saturated heterocycles. The number of halogens is 1. The highest BCUT2D eigenvalue weighted by Crippen LogP contribution is 2.33. The third-order valence-electron chi connectivity index (χ3n) is 5.32. The van der Waals surface area contributed by atoms with Gasteiger partial charge >= 0.3 is 0 Å². The molecule has 10 heteroatoms. The molecule has 30 heavy (non-hydrogen) atoms. The van der Waals surface area contributed by atoms with E-state index in [1.165, 1.54) is 4.80 Å². The standard InChI is InChI=1S/C20H20ClN9/c1-28-19(14-8-10-22-11-9-14)24-25-20(28)29-12-3-2-7-17(29)18-23-27-30(26-18)16-6-4-5-15(21)13-16/h4-6,8-11,13,17H,2-3,7,12H2,1H3. The number of anilines is 1. The molecule has 4 heterocycles. The predicted octanol–water partition coefficient (Wildman–Crippen LogP) is 3.24. The summed E-state index contributed by atoms with van der Waals surface area (Å²) in [5, 5.41) is 22.8. The second-order valence-corrected chi connectivity index (χ2v) is 7.68. The quantitative estimate of drug-likeness (QED) is 0.499. The Morgan fingerprint density at radius 3 is 2.73 bits per heavy atom. The zero-order valence-corrected chi connectivity index (χ0v) is 17.2. The summed E-state index contributed by atoms with van der Waals surface area (Å²) >= 11 is 6.10. The van der Waals surface area contributed by atoms with Crippen molar-refractivity contribution in [3.8, 4) is 17.1 Å². The molecule has 1 fully saturated rings. The highest BCUT2D eigenvalue weighted by Gasteiger charge is 2.31. The Kier molecular flexibility index (Phi) is 4.88. The maximum atomic E-state index is 6.10. The Morgan fingerprint density at radius 1 is 1.03 bits per heavy atom. The van der Waals surface area contributed by atoms with Crippen LogP contribution in [0.15, 0.2) is 48.8 Å². The number of aromatic nitrogens is 8. The van der Waals surface area contributed by atoms with Crippen LogP contribution in [0.5, 0.6) is 0 Å². The topological polar surface area (TPSA) is 90.4 Å². The minimum Gasteiger partial charge on any atom is -0.330 e. The molecule has 0 aliphatic carbocycles. The van der Waals surface area contributed by atoms with Gasteiger partial charge < -0.3 is 4.90 Å². The van der Waals surface area contributed by atoms with Crippen LogP contribution in [0.2, 0.25) is 5.02 Å². The van der Waals surface area contributed by atoms with Crippen molar-refractivity contribution in [3.05, 3.63) is 59.6 Å². The zero-order valence-electron chi connectivity index (χ0n) is 16.4. The molecule has 152 valence electrons. The van der Waals surface area contributed by atoms with E-state index < -0.39 is 0 Å². The van der Waals surface area contributed by atoms with Gasteiger partial charge in [0.05, 0.1) is 11.7 Å². The summed E-state index contributed by atoms with van der Waals surface area (Å²) < 4.78 is 2.01. The first kappa shape index (κ1) is 18.7. The molecule has 5 rings (SSSR count). The van der Waals surface area contributed by atoms with Crippen LogP contribution in [-0.2, 0) is 7.05 Å². The lowest BCUT2D eigenvalue weighted by molar-refractivity contribution is 0.445. The molecule has 1 aliphatic heterocycles. The second-order valence-electron chi connectivity index (χ2n) is 7.24. The van der Waals surface area contributed by atoms with Gasteiger partial charge in [0.25, 0.3) is 0 Å². The molecule has 1 aromatic carbocycles. The summed E-state index contributed by atoms with van der Waals surface area (Å²) in [4.78, 5) is 7.82. The number of tetrazole rings is 1. The fraction of sp³-hybridized carbons (Fsp3) is 0.300. The molecule has 1 atom stereocenters. The first-order valence-corrected chi connectivity index (χ1v) is 10.2. The smallest absolute Gasteiger partial charge is 0.227 e. The molecule has 0 amide bonds. The molecule has 1 aliphatic rings. The van der Waals surface area contributed by atoms with Crippen LogP contribution in [0.1, 0.15) is 31.1 Å². The van der Waals surface area contributed by atoms with Crippen molar-refractivity contribution in [1.82, 2.24) is 40.0 Å². The normalized spacial score (nSPS) is 16.7. The molecular formula is C20H20ClN9. The van der Waals surface area contributed by atoms with Gasteiger partial charge in [-0.2, -0.15) is 0 Å². The zero-order chi connectivity index (χ0) is 20.5. The fourth-order valence-corrected chi connectivity index (χ4v) is 4.02. The van der Waals surface area contributed by atoms with Crippen molar-refractivity contribution in [2.45, 2.75) is 25.3 Å². The summed E-state index contributed by atoms with van der Waals surface area (Å²) in [5.41, 5.74) is 1.76. The largest absolute Gasteiger partial charge is 0.330 e. The van der Waals surface area contributed by atoms with Gasteiger partial charge in [0.1, 0.15) is 0 Å². The highest BCUT2D eigenvalue weighted by atomic mass is 35.5. The average Bonchev–Trinajstić information content (AvgIpc) is 3.42. The van der Waals surface area contributed by atoms with Crippen LogP contribution in [0.25, 0.3) is 17.1 Å². The minimum absolute atomic E-state index is 0.0140. The molecule has 3 aromatic heterocycles. The van der Waals surface area contributed by atoms with Gasteiger partial charge in [0, 0.05) is 36.6 Å². The molecular weight excluding hydrogens is 402 g/mol.